The topological polar surface area (TPSA) is 103 Å². The molecule has 0 saturated heterocycles. The fourth-order valence-corrected chi connectivity index (χ4v) is 5.60. The molecule has 0 unspecified atom stereocenters. The molecule has 0 aliphatic carbocycles. The number of rotatable bonds is 18. The van der Waals surface area contributed by atoms with Crippen molar-refractivity contribution in [1.82, 2.24) is 0 Å². The predicted molar refractivity (Wildman–Crippen MR) is 186 cm³/mol. The molecule has 3 aromatic rings. The molecule has 0 radical (unpaired) electrons. The van der Waals surface area contributed by atoms with E-state index < -0.39 is 8.32 Å². The Hall–Kier alpha value is -2.32. The van der Waals surface area contributed by atoms with E-state index in [1.807, 2.05) is 0 Å². The molecule has 0 aliphatic rings. The van der Waals surface area contributed by atoms with E-state index in [-0.39, 0.29) is 67.5 Å². The first-order valence-corrected chi connectivity index (χ1v) is 18.9. The summed E-state index contributed by atoms with van der Waals surface area (Å²) in [6, 6.07) is 9.12. The predicted octanol–water partition coefficient (Wildman–Crippen LogP) is 9.97. The maximum absolute atomic E-state index is 11.4. The molecule has 0 bridgehead atoms. The molecule has 10 nitrogen and oxygen atoms in total. The van der Waals surface area contributed by atoms with Gasteiger partial charge in [0.05, 0.1) is 46.5 Å². The number of aromatic hydroxyl groups is 1. The number of hydrogen-bond donors (Lipinski definition) is 1. The molecule has 0 atom stereocenters. The SMILES string of the molecule is COCCOCOc1cc(Cl)c(Oc2cc(O[Si](C)(C)C(C)(C)C)cc(Oc3c(Cl)cc(OCOCCOC)cc3Cl)c2O)c(Cl)c1. The van der Waals surface area contributed by atoms with Crippen LogP contribution >= 0.6 is 46.4 Å². The first-order valence-electron chi connectivity index (χ1n) is 14.5. The number of halogens is 4. The number of phenols is 1. The van der Waals surface area contributed by atoms with Crippen molar-refractivity contribution in [1.29, 1.82) is 0 Å². The standard InChI is InChI=1S/C32H40Cl4O10Si/c1-32(2,3)47(6,7)46-22-16-27(44-30-23(33)12-20(13-24(30)34)42-18-40-10-8-38-4)29(37)28(17-22)45-31-25(35)14-21(15-26(31)36)43-19-41-11-9-39-5/h12-17,37H,8-11,18-19H2,1-7H3. The Bertz CT molecular complexity index is 1340. The summed E-state index contributed by atoms with van der Waals surface area (Å²) in [5.41, 5.74) is 0. The van der Waals surface area contributed by atoms with Crippen molar-refractivity contribution in [3.8, 4) is 46.0 Å². The molecule has 3 rings (SSSR count). The van der Waals surface area contributed by atoms with Crippen molar-refractivity contribution in [2.45, 2.75) is 38.9 Å². The molecule has 47 heavy (non-hydrogen) atoms. The van der Waals surface area contributed by atoms with Gasteiger partial charge in [0.1, 0.15) is 17.2 Å². The third-order valence-electron chi connectivity index (χ3n) is 7.04. The van der Waals surface area contributed by atoms with Gasteiger partial charge in [0.25, 0.3) is 0 Å². The first-order chi connectivity index (χ1) is 22.2. The second kappa shape index (κ2) is 17.9. The lowest BCUT2D eigenvalue weighted by atomic mass is 10.2. The molecule has 0 amide bonds. The van der Waals surface area contributed by atoms with Gasteiger partial charge >= 0.3 is 0 Å². The molecule has 0 saturated carbocycles. The van der Waals surface area contributed by atoms with Crippen LogP contribution in [-0.2, 0) is 18.9 Å². The highest BCUT2D eigenvalue weighted by atomic mass is 35.5. The maximum Gasteiger partial charge on any atom is 0.250 e. The molecule has 0 aliphatic heterocycles. The Morgan fingerprint density at radius 2 is 1.00 bits per heavy atom. The van der Waals surface area contributed by atoms with Crippen LogP contribution in [0, 0.1) is 0 Å². The van der Waals surface area contributed by atoms with Crippen LogP contribution in [0.1, 0.15) is 20.8 Å². The van der Waals surface area contributed by atoms with Crippen molar-refractivity contribution in [3.63, 3.8) is 0 Å². The molecule has 0 heterocycles. The average Bonchev–Trinajstić information content (AvgIpc) is 2.97. The molecule has 1 N–H and O–H groups in total. The van der Waals surface area contributed by atoms with E-state index >= 15 is 0 Å². The van der Waals surface area contributed by atoms with Gasteiger partial charge in [-0.15, -0.1) is 0 Å². The van der Waals surface area contributed by atoms with Crippen LogP contribution in [0.4, 0.5) is 0 Å². The fourth-order valence-electron chi connectivity index (χ4n) is 3.50. The van der Waals surface area contributed by atoms with E-state index in [2.05, 4.69) is 33.9 Å². The quantitative estimate of drug-likeness (QED) is 0.0767. The Morgan fingerprint density at radius 3 is 1.34 bits per heavy atom. The molecule has 0 spiro atoms. The Labute approximate surface area is 296 Å². The number of phenolic OH excluding ortho intramolecular Hbond substituents is 1. The van der Waals surface area contributed by atoms with Crippen molar-refractivity contribution in [3.05, 3.63) is 56.5 Å². The molecule has 260 valence electrons. The Balaban J connectivity index is 1.95. The van der Waals surface area contributed by atoms with Gasteiger partial charge in [-0.2, -0.15) is 0 Å². The molecular formula is C32H40Cl4O10Si. The normalized spacial score (nSPS) is 11.8. The minimum atomic E-state index is -2.36. The zero-order valence-electron chi connectivity index (χ0n) is 27.3. The van der Waals surface area contributed by atoms with Crippen LogP contribution < -0.4 is 23.4 Å². The van der Waals surface area contributed by atoms with E-state index in [4.69, 9.17) is 88.7 Å². The molecule has 0 fully saturated rings. The number of benzene rings is 3. The van der Waals surface area contributed by atoms with E-state index in [9.17, 15) is 5.11 Å². The van der Waals surface area contributed by atoms with Crippen LogP contribution in [0.25, 0.3) is 0 Å². The summed E-state index contributed by atoms with van der Waals surface area (Å²) < 4.78 is 50.4. The van der Waals surface area contributed by atoms with E-state index in [0.29, 0.717) is 43.7 Å². The lowest BCUT2D eigenvalue weighted by Gasteiger charge is -2.36. The van der Waals surface area contributed by atoms with Crippen LogP contribution in [0.3, 0.4) is 0 Å². The van der Waals surface area contributed by atoms with Gasteiger partial charge in [-0.1, -0.05) is 67.2 Å². The van der Waals surface area contributed by atoms with Crippen LogP contribution in [0.2, 0.25) is 38.2 Å². The summed E-state index contributed by atoms with van der Waals surface area (Å²) >= 11 is 26.2. The zero-order chi connectivity index (χ0) is 34.8. The minimum Gasteiger partial charge on any atom is -0.543 e. The summed E-state index contributed by atoms with van der Waals surface area (Å²) in [5.74, 6) is 0.742. The summed E-state index contributed by atoms with van der Waals surface area (Å²) in [6.45, 7) is 12.0. The molecule has 15 heteroatoms. The number of hydrogen-bond acceptors (Lipinski definition) is 10. The van der Waals surface area contributed by atoms with Gasteiger partial charge in [0.15, 0.2) is 36.6 Å². The van der Waals surface area contributed by atoms with Gasteiger partial charge in [-0.25, -0.2) is 0 Å². The van der Waals surface area contributed by atoms with Crippen LogP contribution in [0.5, 0.6) is 46.0 Å². The van der Waals surface area contributed by atoms with Gasteiger partial charge < -0.3 is 47.4 Å². The molecule has 0 aromatic heterocycles. The summed E-state index contributed by atoms with van der Waals surface area (Å²) in [5, 5.41) is 11.7. The van der Waals surface area contributed by atoms with E-state index in [1.54, 1.807) is 14.2 Å². The Morgan fingerprint density at radius 1 is 0.617 bits per heavy atom. The second-order valence-electron chi connectivity index (χ2n) is 11.6. The van der Waals surface area contributed by atoms with Crippen LogP contribution in [-0.4, -0.2) is 67.7 Å². The van der Waals surface area contributed by atoms with Crippen molar-refractivity contribution in [2.24, 2.45) is 0 Å². The van der Waals surface area contributed by atoms with Crippen molar-refractivity contribution >= 4 is 54.7 Å². The summed E-state index contributed by atoms with van der Waals surface area (Å²) in [7, 11) is 0.786. The highest BCUT2D eigenvalue weighted by molar-refractivity contribution is 6.74. The number of ether oxygens (including phenoxy) is 8. The number of methoxy groups -OCH3 is 2. The third kappa shape index (κ3) is 11.4. The highest BCUT2D eigenvalue weighted by Gasteiger charge is 2.39. The second-order valence-corrected chi connectivity index (χ2v) is 17.9. The van der Waals surface area contributed by atoms with Crippen molar-refractivity contribution < 1.29 is 47.4 Å². The van der Waals surface area contributed by atoms with Gasteiger partial charge in [-0.05, 0) is 18.1 Å². The van der Waals surface area contributed by atoms with E-state index in [0.717, 1.165) is 0 Å². The largest absolute Gasteiger partial charge is 0.543 e. The van der Waals surface area contributed by atoms with E-state index in [1.165, 1.54) is 36.4 Å². The van der Waals surface area contributed by atoms with Crippen molar-refractivity contribution in [2.75, 3.05) is 54.2 Å². The summed E-state index contributed by atoms with van der Waals surface area (Å²) in [4.78, 5) is 0. The third-order valence-corrected chi connectivity index (χ3v) is 12.5. The monoisotopic (exact) mass is 752 g/mol. The Kier molecular flexibility index (Phi) is 14.9. The lowest BCUT2D eigenvalue weighted by molar-refractivity contribution is -0.00857. The smallest absolute Gasteiger partial charge is 0.250 e. The zero-order valence-corrected chi connectivity index (χ0v) is 31.4. The summed E-state index contributed by atoms with van der Waals surface area (Å²) in [6.07, 6.45) is 0. The van der Waals surface area contributed by atoms with Gasteiger partial charge in [0.2, 0.25) is 14.1 Å². The van der Waals surface area contributed by atoms with Crippen LogP contribution in [0.15, 0.2) is 36.4 Å². The van der Waals surface area contributed by atoms with Gasteiger partial charge in [0, 0.05) is 50.6 Å². The average molecular weight is 755 g/mol. The first kappa shape index (κ1) is 39.1. The minimum absolute atomic E-state index is 0.0368. The fraction of sp³-hybridized carbons (Fsp3) is 0.438. The van der Waals surface area contributed by atoms with Gasteiger partial charge in [-0.3, -0.25) is 0 Å². The lowest BCUT2D eigenvalue weighted by Crippen LogP contribution is -2.43. The molecular weight excluding hydrogens is 714 g/mol. The maximum atomic E-state index is 11.4. The highest BCUT2D eigenvalue weighted by Crippen LogP contribution is 2.50. The molecule has 3 aromatic carbocycles.